The highest BCUT2D eigenvalue weighted by atomic mass is 14.9. The Bertz CT molecular complexity index is 811. The lowest BCUT2D eigenvalue weighted by Gasteiger charge is -2.20. The van der Waals surface area contributed by atoms with Gasteiger partial charge in [-0.2, -0.15) is 0 Å². The van der Waals surface area contributed by atoms with Crippen molar-refractivity contribution in [1.82, 2.24) is 9.97 Å². The van der Waals surface area contributed by atoms with Gasteiger partial charge in [0.05, 0.1) is 11.2 Å². The first kappa shape index (κ1) is 14.0. The standard InChI is InChI=1S/C19H22N2/c1-12(2)17-15-10-13-8-6-7-9-14(13)11-16(15)20-18(21-17)19(3,4)5/h6-12H,1-5H3. The van der Waals surface area contributed by atoms with Gasteiger partial charge in [-0.15, -0.1) is 0 Å². The number of benzene rings is 2. The number of hydrogen-bond acceptors (Lipinski definition) is 2. The highest BCUT2D eigenvalue weighted by Crippen LogP contribution is 2.30. The largest absolute Gasteiger partial charge is 0.236 e. The maximum Gasteiger partial charge on any atom is 0.134 e. The third-order valence-electron chi connectivity index (χ3n) is 3.81. The molecule has 108 valence electrons. The van der Waals surface area contributed by atoms with Crippen LogP contribution in [0.5, 0.6) is 0 Å². The number of aromatic nitrogens is 2. The van der Waals surface area contributed by atoms with E-state index in [2.05, 4.69) is 71.0 Å². The summed E-state index contributed by atoms with van der Waals surface area (Å²) >= 11 is 0. The number of hydrogen-bond donors (Lipinski definition) is 0. The van der Waals surface area contributed by atoms with Crippen LogP contribution in [-0.2, 0) is 5.41 Å². The Hall–Kier alpha value is -1.96. The summed E-state index contributed by atoms with van der Waals surface area (Å²) in [6, 6.07) is 12.9. The Kier molecular flexibility index (Phi) is 3.20. The second kappa shape index (κ2) is 4.80. The molecule has 3 aromatic rings. The third kappa shape index (κ3) is 2.51. The van der Waals surface area contributed by atoms with E-state index in [4.69, 9.17) is 9.97 Å². The summed E-state index contributed by atoms with van der Waals surface area (Å²) < 4.78 is 0. The molecule has 2 nitrogen and oxygen atoms in total. The average molecular weight is 278 g/mol. The molecule has 2 heteroatoms. The molecule has 2 aromatic carbocycles. The van der Waals surface area contributed by atoms with Crippen LogP contribution in [0.4, 0.5) is 0 Å². The van der Waals surface area contributed by atoms with E-state index in [1.807, 2.05) is 0 Å². The zero-order chi connectivity index (χ0) is 15.2. The molecule has 0 radical (unpaired) electrons. The quantitative estimate of drug-likeness (QED) is 0.571. The van der Waals surface area contributed by atoms with Gasteiger partial charge in [0.15, 0.2) is 0 Å². The van der Waals surface area contributed by atoms with E-state index >= 15 is 0 Å². The number of fused-ring (bicyclic) bond motifs is 2. The minimum atomic E-state index is -0.0382. The van der Waals surface area contributed by atoms with Crippen molar-refractivity contribution in [3.05, 3.63) is 47.9 Å². The van der Waals surface area contributed by atoms with Crippen molar-refractivity contribution in [3.8, 4) is 0 Å². The molecule has 0 aliphatic rings. The van der Waals surface area contributed by atoms with Gasteiger partial charge in [-0.25, -0.2) is 9.97 Å². The van der Waals surface area contributed by atoms with Gasteiger partial charge in [-0.3, -0.25) is 0 Å². The van der Waals surface area contributed by atoms with Crippen LogP contribution in [0.25, 0.3) is 21.7 Å². The third-order valence-corrected chi connectivity index (χ3v) is 3.81. The van der Waals surface area contributed by atoms with Crippen molar-refractivity contribution in [2.24, 2.45) is 0 Å². The van der Waals surface area contributed by atoms with Crippen LogP contribution < -0.4 is 0 Å². The monoisotopic (exact) mass is 278 g/mol. The van der Waals surface area contributed by atoms with E-state index in [9.17, 15) is 0 Å². The van der Waals surface area contributed by atoms with Crippen LogP contribution in [-0.4, -0.2) is 9.97 Å². The molecule has 0 fully saturated rings. The number of rotatable bonds is 1. The van der Waals surface area contributed by atoms with Crippen molar-refractivity contribution < 1.29 is 0 Å². The minimum absolute atomic E-state index is 0.0382. The highest BCUT2D eigenvalue weighted by molar-refractivity contribution is 5.97. The smallest absolute Gasteiger partial charge is 0.134 e. The second-order valence-corrected chi connectivity index (χ2v) is 7.05. The molecule has 0 unspecified atom stereocenters. The lowest BCUT2D eigenvalue weighted by atomic mass is 9.94. The molecule has 0 aliphatic heterocycles. The van der Waals surface area contributed by atoms with E-state index in [1.54, 1.807) is 0 Å². The van der Waals surface area contributed by atoms with Gasteiger partial charge >= 0.3 is 0 Å². The Morgan fingerprint density at radius 1 is 0.905 bits per heavy atom. The summed E-state index contributed by atoms with van der Waals surface area (Å²) in [5, 5.41) is 3.66. The molecule has 0 saturated carbocycles. The maximum atomic E-state index is 4.87. The fourth-order valence-electron chi connectivity index (χ4n) is 2.61. The van der Waals surface area contributed by atoms with E-state index in [0.29, 0.717) is 5.92 Å². The van der Waals surface area contributed by atoms with E-state index in [-0.39, 0.29) is 5.41 Å². The van der Waals surface area contributed by atoms with Gasteiger partial charge in [-0.1, -0.05) is 58.9 Å². The molecule has 21 heavy (non-hydrogen) atoms. The lowest BCUT2D eigenvalue weighted by molar-refractivity contribution is 0.543. The molecule has 1 heterocycles. The summed E-state index contributed by atoms with van der Waals surface area (Å²) in [6.07, 6.45) is 0. The van der Waals surface area contributed by atoms with Crippen LogP contribution in [0.2, 0.25) is 0 Å². The van der Waals surface area contributed by atoms with Crippen molar-refractivity contribution in [2.75, 3.05) is 0 Å². The van der Waals surface area contributed by atoms with Gasteiger partial charge < -0.3 is 0 Å². The first-order valence-corrected chi connectivity index (χ1v) is 7.57. The van der Waals surface area contributed by atoms with Gasteiger partial charge in [0.25, 0.3) is 0 Å². The predicted molar refractivity (Wildman–Crippen MR) is 89.8 cm³/mol. The first-order chi connectivity index (χ1) is 9.86. The highest BCUT2D eigenvalue weighted by Gasteiger charge is 2.20. The van der Waals surface area contributed by atoms with Gasteiger partial charge in [0, 0.05) is 10.8 Å². The Balaban J connectivity index is 2.41. The molecule has 0 aliphatic carbocycles. The molecule has 3 rings (SSSR count). The van der Waals surface area contributed by atoms with Crippen LogP contribution in [0, 0.1) is 0 Å². The summed E-state index contributed by atoms with van der Waals surface area (Å²) in [6.45, 7) is 10.9. The first-order valence-electron chi connectivity index (χ1n) is 7.57. The molecular formula is C19H22N2. The molecule has 0 atom stereocenters. The molecule has 0 spiro atoms. The maximum absolute atomic E-state index is 4.87. The van der Waals surface area contributed by atoms with E-state index < -0.39 is 0 Å². The predicted octanol–water partition coefficient (Wildman–Crippen LogP) is 5.20. The average Bonchev–Trinajstić information content (AvgIpc) is 2.42. The molecule has 0 amide bonds. The van der Waals surface area contributed by atoms with Gasteiger partial charge in [-0.05, 0) is 28.8 Å². The van der Waals surface area contributed by atoms with Crippen LogP contribution in [0.1, 0.15) is 52.1 Å². The zero-order valence-corrected chi connectivity index (χ0v) is 13.4. The SMILES string of the molecule is CC(C)c1nc(C(C)(C)C)nc2cc3ccccc3cc12. The Morgan fingerprint density at radius 2 is 1.52 bits per heavy atom. The van der Waals surface area contributed by atoms with E-state index in [0.717, 1.165) is 17.0 Å². The fourth-order valence-corrected chi connectivity index (χ4v) is 2.61. The molecular weight excluding hydrogens is 256 g/mol. The molecule has 1 aromatic heterocycles. The summed E-state index contributed by atoms with van der Waals surface area (Å²) in [5.74, 6) is 1.31. The number of nitrogens with zero attached hydrogens (tertiary/aromatic N) is 2. The van der Waals surface area contributed by atoms with Crippen molar-refractivity contribution in [2.45, 2.75) is 46.0 Å². The van der Waals surface area contributed by atoms with Crippen LogP contribution in [0.15, 0.2) is 36.4 Å². The lowest BCUT2D eigenvalue weighted by Crippen LogP contribution is -2.17. The summed E-state index contributed by atoms with van der Waals surface area (Å²) in [7, 11) is 0. The van der Waals surface area contributed by atoms with Gasteiger partial charge in [0.1, 0.15) is 5.82 Å². The van der Waals surface area contributed by atoms with Crippen molar-refractivity contribution in [3.63, 3.8) is 0 Å². The Labute approximate surface area is 126 Å². The Morgan fingerprint density at radius 3 is 2.10 bits per heavy atom. The summed E-state index contributed by atoms with van der Waals surface area (Å²) in [4.78, 5) is 9.70. The fraction of sp³-hybridized carbons (Fsp3) is 0.368. The molecule has 0 saturated heterocycles. The second-order valence-electron chi connectivity index (χ2n) is 7.05. The van der Waals surface area contributed by atoms with Gasteiger partial charge in [0.2, 0.25) is 0 Å². The van der Waals surface area contributed by atoms with Crippen molar-refractivity contribution >= 4 is 21.7 Å². The minimum Gasteiger partial charge on any atom is -0.236 e. The van der Waals surface area contributed by atoms with E-state index in [1.165, 1.54) is 16.2 Å². The van der Waals surface area contributed by atoms with Crippen LogP contribution in [0.3, 0.4) is 0 Å². The summed E-state index contributed by atoms with van der Waals surface area (Å²) in [5.41, 5.74) is 2.16. The topological polar surface area (TPSA) is 25.8 Å². The van der Waals surface area contributed by atoms with Crippen LogP contribution >= 0.6 is 0 Å². The molecule has 0 bridgehead atoms. The molecule has 0 N–H and O–H groups in total. The van der Waals surface area contributed by atoms with Crippen molar-refractivity contribution in [1.29, 1.82) is 0 Å². The normalized spacial score (nSPS) is 12.5. The zero-order valence-electron chi connectivity index (χ0n) is 13.4.